The minimum atomic E-state index is 0.570. The summed E-state index contributed by atoms with van der Waals surface area (Å²) in [6.07, 6.45) is 1.63. The monoisotopic (exact) mass is 238 g/mol. The first-order chi connectivity index (χ1) is 7.18. The van der Waals surface area contributed by atoms with Crippen LogP contribution in [0.1, 0.15) is 0 Å². The molecule has 0 bridgehead atoms. The van der Waals surface area contributed by atoms with Gasteiger partial charge in [0.1, 0.15) is 0 Å². The molecule has 0 atom stereocenters. The minimum absolute atomic E-state index is 0.570. The third-order valence-electron chi connectivity index (χ3n) is 2.00. The van der Waals surface area contributed by atoms with Gasteiger partial charge in [0.15, 0.2) is 0 Å². The zero-order valence-electron chi connectivity index (χ0n) is 7.74. The number of hydrogen-bond donors (Lipinski definition) is 1. The molecule has 0 aliphatic carbocycles. The number of hydrogen-bond acceptors (Lipinski definition) is 2. The van der Waals surface area contributed by atoms with Crippen LogP contribution in [-0.4, -0.2) is 4.98 Å². The number of aromatic nitrogens is 1. The predicted octanol–water partition coefficient (Wildman–Crippen LogP) is 3.64. The van der Waals surface area contributed by atoms with Crippen LogP contribution in [0.4, 0.5) is 5.69 Å². The molecule has 15 heavy (non-hydrogen) atoms. The summed E-state index contributed by atoms with van der Waals surface area (Å²) in [7, 11) is 0. The van der Waals surface area contributed by atoms with Gasteiger partial charge in [-0.25, -0.2) is 0 Å². The van der Waals surface area contributed by atoms with Gasteiger partial charge in [0, 0.05) is 17.4 Å². The van der Waals surface area contributed by atoms with Crippen molar-refractivity contribution in [2.75, 3.05) is 5.73 Å². The zero-order chi connectivity index (χ0) is 10.8. The standard InChI is InChI=1S/C11H8Cl2N2/c12-8-2-1-3-9(13)11(8)10-6-7(14)4-5-15-10/h1-6H,(H2,14,15). The average Bonchev–Trinajstić information content (AvgIpc) is 2.17. The molecule has 0 fully saturated rings. The molecule has 2 nitrogen and oxygen atoms in total. The highest BCUT2D eigenvalue weighted by Crippen LogP contribution is 2.33. The second-order valence-electron chi connectivity index (χ2n) is 3.07. The van der Waals surface area contributed by atoms with Crippen molar-refractivity contribution in [3.8, 4) is 11.3 Å². The fraction of sp³-hybridized carbons (Fsp3) is 0. The van der Waals surface area contributed by atoms with Crippen molar-refractivity contribution >= 4 is 28.9 Å². The van der Waals surface area contributed by atoms with Crippen LogP contribution in [-0.2, 0) is 0 Å². The van der Waals surface area contributed by atoms with Gasteiger partial charge in [0.05, 0.1) is 15.7 Å². The highest BCUT2D eigenvalue weighted by atomic mass is 35.5. The van der Waals surface area contributed by atoms with E-state index in [0.29, 0.717) is 27.0 Å². The smallest absolute Gasteiger partial charge is 0.0752 e. The molecule has 1 aromatic carbocycles. The summed E-state index contributed by atoms with van der Waals surface area (Å²) in [4.78, 5) is 4.18. The van der Waals surface area contributed by atoms with E-state index in [1.54, 1.807) is 36.5 Å². The normalized spacial score (nSPS) is 10.3. The summed E-state index contributed by atoms with van der Waals surface area (Å²) in [5, 5.41) is 1.14. The average molecular weight is 239 g/mol. The molecule has 0 unspecified atom stereocenters. The van der Waals surface area contributed by atoms with Gasteiger partial charge < -0.3 is 5.73 Å². The van der Waals surface area contributed by atoms with Gasteiger partial charge in [-0.15, -0.1) is 0 Å². The number of benzene rings is 1. The lowest BCUT2D eigenvalue weighted by molar-refractivity contribution is 1.33. The second-order valence-corrected chi connectivity index (χ2v) is 3.89. The number of nitrogens with two attached hydrogens (primary N) is 1. The van der Waals surface area contributed by atoms with Crippen molar-refractivity contribution < 1.29 is 0 Å². The van der Waals surface area contributed by atoms with Crippen molar-refractivity contribution in [1.29, 1.82) is 0 Å². The van der Waals surface area contributed by atoms with Gasteiger partial charge in [-0.1, -0.05) is 29.3 Å². The van der Waals surface area contributed by atoms with Crippen molar-refractivity contribution in [2.45, 2.75) is 0 Å². The fourth-order valence-corrected chi connectivity index (χ4v) is 1.92. The molecular weight excluding hydrogens is 231 g/mol. The largest absolute Gasteiger partial charge is 0.399 e. The molecule has 0 aliphatic heterocycles. The van der Waals surface area contributed by atoms with Crippen molar-refractivity contribution in [3.05, 3.63) is 46.6 Å². The summed E-state index contributed by atoms with van der Waals surface area (Å²) < 4.78 is 0. The molecular formula is C11H8Cl2N2. The Morgan fingerprint density at radius 1 is 1.07 bits per heavy atom. The molecule has 1 heterocycles. The third-order valence-corrected chi connectivity index (χ3v) is 2.63. The van der Waals surface area contributed by atoms with Gasteiger partial charge in [-0.3, -0.25) is 4.98 Å². The van der Waals surface area contributed by atoms with Crippen LogP contribution in [0.15, 0.2) is 36.5 Å². The number of nitrogen functional groups attached to an aromatic ring is 1. The van der Waals surface area contributed by atoms with Crippen LogP contribution in [0.25, 0.3) is 11.3 Å². The number of pyridine rings is 1. The van der Waals surface area contributed by atoms with E-state index in [4.69, 9.17) is 28.9 Å². The van der Waals surface area contributed by atoms with Gasteiger partial charge in [-0.05, 0) is 24.3 Å². The maximum atomic E-state index is 6.05. The van der Waals surface area contributed by atoms with Crippen LogP contribution in [0, 0.1) is 0 Å². The maximum Gasteiger partial charge on any atom is 0.0752 e. The zero-order valence-corrected chi connectivity index (χ0v) is 9.26. The summed E-state index contributed by atoms with van der Waals surface area (Å²) in [6.45, 7) is 0. The number of anilines is 1. The first-order valence-electron chi connectivity index (χ1n) is 4.34. The molecule has 0 radical (unpaired) electrons. The Labute approximate surface area is 97.7 Å². The third kappa shape index (κ3) is 2.06. The lowest BCUT2D eigenvalue weighted by atomic mass is 10.1. The van der Waals surface area contributed by atoms with Gasteiger partial charge in [0.2, 0.25) is 0 Å². The SMILES string of the molecule is Nc1ccnc(-c2c(Cl)cccc2Cl)c1. The molecule has 2 aromatic rings. The Morgan fingerprint density at radius 2 is 1.73 bits per heavy atom. The number of halogens is 2. The van der Waals surface area contributed by atoms with E-state index >= 15 is 0 Å². The van der Waals surface area contributed by atoms with Gasteiger partial charge in [-0.2, -0.15) is 0 Å². The molecule has 0 spiro atoms. The molecule has 4 heteroatoms. The lowest BCUT2D eigenvalue weighted by Crippen LogP contribution is -1.89. The molecule has 0 saturated carbocycles. The highest BCUT2D eigenvalue weighted by Gasteiger charge is 2.09. The van der Waals surface area contributed by atoms with E-state index in [0.717, 1.165) is 0 Å². The number of nitrogens with zero attached hydrogens (tertiary/aromatic N) is 1. The summed E-state index contributed by atoms with van der Waals surface area (Å²) in [5.74, 6) is 0. The van der Waals surface area contributed by atoms with Crippen LogP contribution < -0.4 is 5.73 Å². The summed E-state index contributed by atoms with van der Waals surface area (Å²) >= 11 is 12.1. The van der Waals surface area contributed by atoms with E-state index in [-0.39, 0.29) is 0 Å². The van der Waals surface area contributed by atoms with Crippen LogP contribution in [0.2, 0.25) is 10.0 Å². The molecule has 1 aromatic heterocycles. The van der Waals surface area contributed by atoms with Crippen LogP contribution >= 0.6 is 23.2 Å². The lowest BCUT2D eigenvalue weighted by Gasteiger charge is -2.06. The molecule has 0 amide bonds. The Kier molecular flexibility index (Phi) is 2.80. The number of rotatable bonds is 1. The summed E-state index contributed by atoms with van der Waals surface area (Å²) in [5.41, 5.74) is 7.71. The fourth-order valence-electron chi connectivity index (χ4n) is 1.33. The van der Waals surface area contributed by atoms with E-state index < -0.39 is 0 Å². The molecule has 2 rings (SSSR count). The molecule has 76 valence electrons. The van der Waals surface area contributed by atoms with E-state index in [2.05, 4.69) is 4.98 Å². The second kappa shape index (κ2) is 4.09. The van der Waals surface area contributed by atoms with E-state index in [1.807, 2.05) is 0 Å². The molecule has 0 aliphatic rings. The Morgan fingerprint density at radius 3 is 2.33 bits per heavy atom. The van der Waals surface area contributed by atoms with E-state index in [1.165, 1.54) is 0 Å². The Hall–Kier alpha value is -1.25. The van der Waals surface area contributed by atoms with Crippen molar-refractivity contribution in [2.24, 2.45) is 0 Å². The van der Waals surface area contributed by atoms with Crippen molar-refractivity contribution in [1.82, 2.24) is 4.98 Å². The first-order valence-corrected chi connectivity index (χ1v) is 5.10. The minimum Gasteiger partial charge on any atom is -0.399 e. The van der Waals surface area contributed by atoms with Gasteiger partial charge in [0.25, 0.3) is 0 Å². The highest BCUT2D eigenvalue weighted by molar-refractivity contribution is 6.39. The Balaban J connectivity index is 2.63. The summed E-state index contributed by atoms with van der Waals surface area (Å²) in [6, 6.07) is 8.79. The topological polar surface area (TPSA) is 38.9 Å². The van der Waals surface area contributed by atoms with E-state index in [9.17, 15) is 0 Å². The molecule has 0 saturated heterocycles. The Bertz CT molecular complexity index is 477. The predicted molar refractivity (Wildman–Crippen MR) is 64.1 cm³/mol. The van der Waals surface area contributed by atoms with Crippen LogP contribution in [0.3, 0.4) is 0 Å². The molecule has 2 N–H and O–H groups in total. The van der Waals surface area contributed by atoms with Gasteiger partial charge >= 0.3 is 0 Å². The quantitative estimate of drug-likeness (QED) is 0.825. The van der Waals surface area contributed by atoms with Crippen molar-refractivity contribution in [3.63, 3.8) is 0 Å². The van der Waals surface area contributed by atoms with Crippen LogP contribution in [0.5, 0.6) is 0 Å². The maximum absolute atomic E-state index is 6.05. The first kappa shape index (κ1) is 10.3.